The Balaban J connectivity index is 2.56. The van der Waals surface area contributed by atoms with Crippen molar-refractivity contribution in [1.82, 2.24) is 0 Å². The highest BCUT2D eigenvalue weighted by atomic mass is 16.2. The molecule has 0 fully saturated rings. The monoisotopic (exact) mass is 235 g/mol. The van der Waals surface area contributed by atoms with E-state index in [0.717, 1.165) is 24.1 Å². The quantitative estimate of drug-likeness (QED) is 0.796. The zero-order valence-corrected chi connectivity index (χ0v) is 10.6. The number of aliphatic hydroxyl groups is 1. The average Bonchev–Trinajstić information content (AvgIpc) is 2.25. The summed E-state index contributed by atoms with van der Waals surface area (Å²) in [5, 5.41) is 11.7. The smallest absolute Gasteiger partial charge is 0.224 e. The molecule has 1 aromatic carbocycles. The maximum absolute atomic E-state index is 11.6. The molecular formula is C14H21NO2. The normalized spacial score (nSPS) is 10.6. The third-order valence-corrected chi connectivity index (χ3v) is 2.43. The number of aliphatic hydroxyl groups excluding tert-OH is 1. The predicted octanol–water partition coefficient (Wildman–Crippen LogP) is 2.60. The third kappa shape index (κ3) is 5.50. The Bertz CT molecular complexity index is 361. The van der Waals surface area contributed by atoms with Crippen LogP contribution >= 0.6 is 0 Å². The van der Waals surface area contributed by atoms with Crippen molar-refractivity contribution in [3.8, 4) is 0 Å². The molecule has 1 rings (SSSR count). The summed E-state index contributed by atoms with van der Waals surface area (Å²) in [5.74, 6) is 0.423. The van der Waals surface area contributed by atoms with Gasteiger partial charge in [0, 0.05) is 18.7 Å². The largest absolute Gasteiger partial charge is 0.396 e. The van der Waals surface area contributed by atoms with Gasteiger partial charge in [0.15, 0.2) is 0 Å². The first-order valence-corrected chi connectivity index (χ1v) is 6.11. The topological polar surface area (TPSA) is 49.3 Å². The van der Waals surface area contributed by atoms with Gasteiger partial charge in [0.2, 0.25) is 5.91 Å². The Kier molecular flexibility index (Phi) is 5.70. The van der Waals surface area contributed by atoms with Gasteiger partial charge >= 0.3 is 0 Å². The van der Waals surface area contributed by atoms with Gasteiger partial charge in [-0.2, -0.15) is 0 Å². The standard InChI is InChI=1S/C14H21NO2/c1-11(2)9-14(17)15-13-7-3-5-12(10-13)6-4-8-16/h3,5,7,10-11,16H,4,6,8-9H2,1-2H3,(H,15,17). The molecule has 0 unspecified atom stereocenters. The van der Waals surface area contributed by atoms with Crippen molar-refractivity contribution in [2.45, 2.75) is 33.1 Å². The summed E-state index contributed by atoms with van der Waals surface area (Å²) in [5.41, 5.74) is 1.98. The fourth-order valence-corrected chi connectivity index (χ4v) is 1.67. The highest BCUT2D eigenvalue weighted by molar-refractivity contribution is 5.90. The lowest BCUT2D eigenvalue weighted by atomic mass is 10.1. The molecule has 0 saturated carbocycles. The van der Waals surface area contributed by atoms with Gasteiger partial charge in [-0.1, -0.05) is 26.0 Å². The molecule has 0 spiro atoms. The molecule has 3 heteroatoms. The highest BCUT2D eigenvalue weighted by Crippen LogP contribution is 2.13. The number of anilines is 1. The first-order chi connectivity index (χ1) is 8.11. The van der Waals surface area contributed by atoms with Crippen LogP contribution in [0.5, 0.6) is 0 Å². The van der Waals surface area contributed by atoms with Crippen LogP contribution in [0.4, 0.5) is 5.69 Å². The Hall–Kier alpha value is -1.35. The van der Waals surface area contributed by atoms with Crippen LogP contribution in [0, 0.1) is 5.92 Å². The SMILES string of the molecule is CC(C)CC(=O)Nc1cccc(CCCO)c1. The van der Waals surface area contributed by atoms with E-state index in [0.29, 0.717) is 12.3 Å². The number of rotatable bonds is 6. The van der Waals surface area contributed by atoms with E-state index < -0.39 is 0 Å². The third-order valence-electron chi connectivity index (χ3n) is 2.43. The Morgan fingerprint density at radius 2 is 2.18 bits per heavy atom. The molecule has 0 aromatic heterocycles. The van der Waals surface area contributed by atoms with Gasteiger partial charge in [0.1, 0.15) is 0 Å². The van der Waals surface area contributed by atoms with Gasteiger partial charge in [0.25, 0.3) is 0 Å². The minimum absolute atomic E-state index is 0.0549. The highest BCUT2D eigenvalue weighted by Gasteiger charge is 2.05. The molecule has 3 nitrogen and oxygen atoms in total. The Morgan fingerprint density at radius 1 is 1.41 bits per heavy atom. The molecule has 0 radical (unpaired) electrons. The lowest BCUT2D eigenvalue weighted by molar-refractivity contribution is -0.116. The second kappa shape index (κ2) is 7.07. The van der Waals surface area contributed by atoms with Gasteiger partial charge in [0.05, 0.1) is 0 Å². The summed E-state index contributed by atoms with van der Waals surface area (Å²) in [6.45, 7) is 4.25. The zero-order chi connectivity index (χ0) is 12.7. The molecular weight excluding hydrogens is 214 g/mol. The van der Waals surface area contributed by atoms with Gasteiger partial charge < -0.3 is 10.4 Å². The maximum atomic E-state index is 11.6. The molecule has 0 aliphatic rings. The van der Waals surface area contributed by atoms with Crippen molar-refractivity contribution in [2.75, 3.05) is 11.9 Å². The molecule has 17 heavy (non-hydrogen) atoms. The van der Waals surface area contributed by atoms with Crippen molar-refractivity contribution in [3.05, 3.63) is 29.8 Å². The Labute approximate surface area is 103 Å². The number of nitrogens with one attached hydrogen (secondary N) is 1. The average molecular weight is 235 g/mol. The second-order valence-corrected chi connectivity index (χ2v) is 4.67. The summed E-state index contributed by atoms with van der Waals surface area (Å²) in [7, 11) is 0. The van der Waals surface area contributed by atoms with Crippen molar-refractivity contribution in [3.63, 3.8) is 0 Å². The van der Waals surface area contributed by atoms with Crippen LogP contribution in [0.1, 0.15) is 32.3 Å². The lowest BCUT2D eigenvalue weighted by Gasteiger charge is -2.08. The van der Waals surface area contributed by atoms with E-state index in [4.69, 9.17) is 5.11 Å². The molecule has 2 N–H and O–H groups in total. The van der Waals surface area contributed by atoms with Gasteiger partial charge in [-0.15, -0.1) is 0 Å². The molecule has 0 aliphatic carbocycles. The molecule has 0 saturated heterocycles. The van der Waals surface area contributed by atoms with E-state index in [1.807, 2.05) is 38.1 Å². The molecule has 94 valence electrons. The minimum Gasteiger partial charge on any atom is -0.396 e. The molecule has 0 heterocycles. The van der Waals surface area contributed by atoms with Crippen molar-refractivity contribution < 1.29 is 9.90 Å². The van der Waals surface area contributed by atoms with E-state index in [1.165, 1.54) is 0 Å². The fraction of sp³-hybridized carbons (Fsp3) is 0.500. The molecule has 0 aliphatic heterocycles. The number of aryl methyl sites for hydroxylation is 1. The summed E-state index contributed by atoms with van der Waals surface area (Å²) >= 11 is 0. The predicted molar refractivity (Wildman–Crippen MR) is 69.9 cm³/mol. The summed E-state index contributed by atoms with van der Waals surface area (Å²) < 4.78 is 0. The molecule has 0 atom stereocenters. The maximum Gasteiger partial charge on any atom is 0.224 e. The number of amides is 1. The van der Waals surface area contributed by atoms with Crippen molar-refractivity contribution in [1.29, 1.82) is 0 Å². The van der Waals surface area contributed by atoms with Crippen LogP contribution in [0.15, 0.2) is 24.3 Å². The number of carbonyl (C=O) groups is 1. The van der Waals surface area contributed by atoms with Crippen LogP contribution in [-0.4, -0.2) is 17.6 Å². The van der Waals surface area contributed by atoms with E-state index in [2.05, 4.69) is 5.32 Å². The van der Waals surface area contributed by atoms with E-state index in [9.17, 15) is 4.79 Å². The number of carbonyl (C=O) groups excluding carboxylic acids is 1. The second-order valence-electron chi connectivity index (χ2n) is 4.67. The zero-order valence-electron chi connectivity index (χ0n) is 10.6. The first kappa shape index (κ1) is 13.7. The van der Waals surface area contributed by atoms with Crippen LogP contribution < -0.4 is 5.32 Å². The van der Waals surface area contributed by atoms with Crippen LogP contribution in [0.3, 0.4) is 0 Å². The first-order valence-electron chi connectivity index (χ1n) is 6.11. The van der Waals surface area contributed by atoms with Crippen LogP contribution in [0.2, 0.25) is 0 Å². The van der Waals surface area contributed by atoms with Crippen LogP contribution in [0.25, 0.3) is 0 Å². The number of hydrogen-bond donors (Lipinski definition) is 2. The van der Waals surface area contributed by atoms with E-state index in [1.54, 1.807) is 0 Å². The summed E-state index contributed by atoms with van der Waals surface area (Å²) in [6, 6.07) is 7.79. The lowest BCUT2D eigenvalue weighted by Crippen LogP contribution is -2.13. The number of hydrogen-bond acceptors (Lipinski definition) is 2. The van der Waals surface area contributed by atoms with Gasteiger partial charge in [-0.25, -0.2) is 0 Å². The fourth-order valence-electron chi connectivity index (χ4n) is 1.67. The van der Waals surface area contributed by atoms with Crippen molar-refractivity contribution >= 4 is 11.6 Å². The summed E-state index contributed by atoms with van der Waals surface area (Å²) in [6.07, 6.45) is 2.13. The Morgan fingerprint density at radius 3 is 2.82 bits per heavy atom. The van der Waals surface area contributed by atoms with Gasteiger partial charge in [-0.3, -0.25) is 4.79 Å². The number of benzene rings is 1. The van der Waals surface area contributed by atoms with Crippen molar-refractivity contribution in [2.24, 2.45) is 5.92 Å². The summed E-state index contributed by atoms with van der Waals surface area (Å²) in [4.78, 5) is 11.6. The van der Waals surface area contributed by atoms with Crippen LogP contribution in [-0.2, 0) is 11.2 Å². The van der Waals surface area contributed by atoms with E-state index in [-0.39, 0.29) is 12.5 Å². The van der Waals surface area contributed by atoms with E-state index >= 15 is 0 Å². The molecule has 0 bridgehead atoms. The molecule has 1 aromatic rings. The molecule has 1 amide bonds. The minimum atomic E-state index is 0.0549. The van der Waals surface area contributed by atoms with Gasteiger partial charge in [-0.05, 0) is 36.5 Å².